The Kier molecular flexibility index (Phi) is 3.83. The van der Waals surface area contributed by atoms with Gasteiger partial charge < -0.3 is 9.84 Å². The molecule has 1 aliphatic rings. The molecule has 1 aliphatic heterocycles. The average molecular weight is 333 g/mol. The summed E-state index contributed by atoms with van der Waals surface area (Å²) in [6, 6.07) is 9.31. The van der Waals surface area contributed by atoms with Crippen molar-refractivity contribution in [3.05, 3.63) is 58.7 Å². The molecule has 1 heterocycles. The predicted octanol–water partition coefficient (Wildman–Crippen LogP) is 2.52. The minimum absolute atomic E-state index is 0.0625. The summed E-state index contributed by atoms with van der Waals surface area (Å²) in [5, 5.41) is 9.12. The van der Waals surface area contributed by atoms with E-state index in [-0.39, 0.29) is 16.1 Å². The molecule has 0 fully saturated rings. The second-order valence-electron chi connectivity index (χ2n) is 5.31. The van der Waals surface area contributed by atoms with Gasteiger partial charge in [0.25, 0.3) is 10.0 Å². The summed E-state index contributed by atoms with van der Waals surface area (Å²) < 4.78 is 32.8. The molecule has 0 unspecified atom stereocenters. The number of hydrogen-bond acceptors (Lipinski definition) is 4. The average Bonchev–Trinajstić information content (AvgIpc) is 2.96. The van der Waals surface area contributed by atoms with Crippen molar-refractivity contribution in [2.24, 2.45) is 0 Å². The molecule has 0 spiro atoms. The van der Waals surface area contributed by atoms with E-state index in [1.165, 1.54) is 24.3 Å². The van der Waals surface area contributed by atoms with Gasteiger partial charge in [-0.05, 0) is 47.9 Å². The summed E-state index contributed by atoms with van der Waals surface area (Å²) >= 11 is 0. The normalized spacial score (nSPS) is 13.6. The molecule has 6 nitrogen and oxygen atoms in total. The van der Waals surface area contributed by atoms with Crippen molar-refractivity contribution in [1.29, 1.82) is 0 Å². The highest BCUT2D eigenvalue weighted by molar-refractivity contribution is 7.92. The number of fused-ring (bicyclic) bond motifs is 1. The standard InChI is InChI=1S/C16H15NO5S/c1-10-14(16(18)19)3-2-4-15(10)17-23(20,21)13-6-5-11-8-22-9-12(11)7-13/h2-7,17H,8-9H2,1H3,(H,18,19). The van der Waals surface area contributed by atoms with Gasteiger partial charge in [-0.2, -0.15) is 0 Å². The number of carboxylic acid groups (broad SMARTS) is 1. The fourth-order valence-electron chi connectivity index (χ4n) is 2.50. The smallest absolute Gasteiger partial charge is 0.336 e. The summed E-state index contributed by atoms with van der Waals surface area (Å²) in [5.74, 6) is -1.10. The van der Waals surface area contributed by atoms with Gasteiger partial charge in [-0.1, -0.05) is 12.1 Å². The topological polar surface area (TPSA) is 92.7 Å². The van der Waals surface area contributed by atoms with Crippen LogP contribution in [0.15, 0.2) is 41.3 Å². The van der Waals surface area contributed by atoms with Gasteiger partial charge in [0.15, 0.2) is 0 Å². The van der Waals surface area contributed by atoms with Crippen LogP contribution >= 0.6 is 0 Å². The SMILES string of the molecule is Cc1c(NS(=O)(=O)c2ccc3c(c2)COC3)cccc1C(=O)O. The van der Waals surface area contributed by atoms with Crippen LogP contribution in [0.1, 0.15) is 27.0 Å². The number of sulfonamides is 1. The van der Waals surface area contributed by atoms with Crippen LogP contribution in [0.25, 0.3) is 0 Å². The van der Waals surface area contributed by atoms with Crippen molar-refractivity contribution in [3.8, 4) is 0 Å². The summed E-state index contributed by atoms with van der Waals surface area (Å²) in [4.78, 5) is 11.3. The van der Waals surface area contributed by atoms with Crippen LogP contribution in [0.3, 0.4) is 0 Å². The predicted molar refractivity (Wildman–Crippen MR) is 83.9 cm³/mol. The Morgan fingerprint density at radius 2 is 1.91 bits per heavy atom. The van der Waals surface area contributed by atoms with Crippen molar-refractivity contribution in [2.45, 2.75) is 25.0 Å². The zero-order valence-electron chi connectivity index (χ0n) is 12.4. The van der Waals surface area contributed by atoms with E-state index in [1.54, 1.807) is 19.1 Å². The minimum atomic E-state index is -3.80. The van der Waals surface area contributed by atoms with Crippen LogP contribution in [0.5, 0.6) is 0 Å². The van der Waals surface area contributed by atoms with Crippen LogP contribution in [0, 0.1) is 6.92 Å². The zero-order chi connectivity index (χ0) is 16.6. The van der Waals surface area contributed by atoms with Crippen LogP contribution in [0.4, 0.5) is 5.69 Å². The third kappa shape index (κ3) is 2.93. The lowest BCUT2D eigenvalue weighted by molar-refractivity contribution is 0.0696. The molecule has 2 N–H and O–H groups in total. The first-order valence-electron chi connectivity index (χ1n) is 6.94. The number of hydrogen-bond donors (Lipinski definition) is 2. The molecule has 0 aliphatic carbocycles. The van der Waals surface area contributed by atoms with Gasteiger partial charge in [-0.25, -0.2) is 13.2 Å². The summed E-state index contributed by atoms with van der Waals surface area (Å²) in [5.41, 5.74) is 2.51. The van der Waals surface area contributed by atoms with Crippen LogP contribution in [0.2, 0.25) is 0 Å². The number of carboxylic acids is 1. The lowest BCUT2D eigenvalue weighted by atomic mass is 10.1. The van der Waals surface area contributed by atoms with Crippen LogP contribution in [-0.4, -0.2) is 19.5 Å². The van der Waals surface area contributed by atoms with Gasteiger partial charge in [-0.15, -0.1) is 0 Å². The number of rotatable bonds is 4. The Balaban J connectivity index is 1.96. The maximum absolute atomic E-state index is 12.5. The minimum Gasteiger partial charge on any atom is -0.478 e. The molecule has 0 radical (unpaired) electrons. The Bertz CT molecular complexity index is 889. The second kappa shape index (κ2) is 5.68. The van der Waals surface area contributed by atoms with E-state index in [1.807, 2.05) is 0 Å². The van der Waals surface area contributed by atoms with Gasteiger partial charge in [0.05, 0.1) is 29.4 Å². The Morgan fingerprint density at radius 3 is 2.65 bits per heavy atom. The van der Waals surface area contributed by atoms with Gasteiger partial charge >= 0.3 is 5.97 Å². The van der Waals surface area contributed by atoms with E-state index in [4.69, 9.17) is 9.84 Å². The fraction of sp³-hybridized carbons (Fsp3) is 0.188. The lowest BCUT2D eigenvalue weighted by Crippen LogP contribution is -2.15. The van der Waals surface area contributed by atoms with E-state index >= 15 is 0 Å². The molecule has 2 aromatic carbocycles. The highest BCUT2D eigenvalue weighted by atomic mass is 32.2. The molecule has 0 amide bonds. The molecule has 2 aromatic rings. The Labute approximate surface area is 133 Å². The van der Waals surface area contributed by atoms with E-state index in [2.05, 4.69) is 4.72 Å². The van der Waals surface area contributed by atoms with Crippen molar-refractivity contribution >= 4 is 21.7 Å². The van der Waals surface area contributed by atoms with Gasteiger partial charge in [-0.3, -0.25) is 4.72 Å². The number of ether oxygens (including phenoxy) is 1. The molecule has 7 heteroatoms. The first kappa shape index (κ1) is 15.5. The van der Waals surface area contributed by atoms with E-state index in [0.29, 0.717) is 18.8 Å². The number of aromatic carboxylic acids is 1. The van der Waals surface area contributed by atoms with Gasteiger partial charge in [0, 0.05) is 0 Å². The molecular formula is C16H15NO5S. The molecule has 0 aromatic heterocycles. The van der Waals surface area contributed by atoms with Crippen molar-refractivity contribution < 1.29 is 23.1 Å². The zero-order valence-corrected chi connectivity index (χ0v) is 13.2. The first-order chi connectivity index (χ1) is 10.9. The highest BCUT2D eigenvalue weighted by Gasteiger charge is 2.20. The molecule has 23 heavy (non-hydrogen) atoms. The number of carbonyl (C=O) groups is 1. The Morgan fingerprint density at radius 1 is 1.17 bits per heavy atom. The van der Waals surface area contributed by atoms with Crippen molar-refractivity contribution in [2.75, 3.05) is 4.72 Å². The number of benzene rings is 2. The fourth-order valence-corrected chi connectivity index (χ4v) is 3.67. The lowest BCUT2D eigenvalue weighted by Gasteiger charge is -2.12. The molecule has 120 valence electrons. The highest BCUT2D eigenvalue weighted by Crippen LogP contribution is 2.26. The Hall–Kier alpha value is -2.38. The maximum atomic E-state index is 12.5. The summed E-state index contributed by atoms with van der Waals surface area (Å²) in [7, 11) is -3.80. The van der Waals surface area contributed by atoms with E-state index in [9.17, 15) is 13.2 Å². The number of anilines is 1. The monoisotopic (exact) mass is 333 g/mol. The largest absolute Gasteiger partial charge is 0.478 e. The van der Waals surface area contributed by atoms with Gasteiger partial charge in [0.1, 0.15) is 0 Å². The third-order valence-electron chi connectivity index (χ3n) is 3.81. The van der Waals surface area contributed by atoms with E-state index < -0.39 is 16.0 Å². The molecule has 0 saturated carbocycles. The van der Waals surface area contributed by atoms with Crippen LogP contribution < -0.4 is 4.72 Å². The van der Waals surface area contributed by atoms with Crippen molar-refractivity contribution in [3.63, 3.8) is 0 Å². The summed E-state index contributed by atoms with van der Waals surface area (Å²) in [6.07, 6.45) is 0. The second-order valence-corrected chi connectivity index (χ2v) is 6.99. The maximum Gasteiger partial charge on any atom is 0.336 e. The van der Waals surface area contributed by atoms with Crippen LogP contribution in [-0.2, 0) is 28.0 Å². The first-order valence-corrected chi connectivity index (χ1v) is 8.42. The molecule has 0 atom stereocenters. The third-order valence-corrected chi connectivity index (χ3v) is 5.17. The van der Waals surface area contributed by atoms with Crippen molar-refractivity contribution in [1.82, 2.24) is 0 Å². The quantitative estimate of drug-likeness (QED) is 0.897. The molecular weight excluding hydrogens is 318 g/mol. The molecule has 0 saturated heterocycles. The molecule has 3 rings (SSSR count). The van der Waals surface area contributed by atoms with E-state index in [0.717, 1.165) is 11.1 Å². The number of nitrogens with one attached hydrogen (secondary N) is 1. The summed E-state index contributed by atoms with van der Waals surface area (Å²) in [6.45, 7) is 2.45. The van der Waals surface area contributed by atoms with Gasteiger partial charge in [0.2, 0.25) is 0 Å². The molecule has 0 bridgehead atoms.